The summed E-state index contributed by atoms with van der Waals surface area (Å²) in [6.45, 7) is 5.23. The minimum Gasteiger partial charge on any atom is -0.310 e. The standard InChI is InChI=1S/C16H22N2O2/c1-4-8-17-14(5-2)12-7-6-11-10-15(19)18(3)16(20)13(11)9-12/h6-7,9,14,17H,4-5,8,10H2,1-3H3. The average Bonchev–Trinajstić information content (AvgIpc) is 2.46. The highest BCUT2D eigenvalue weighted by molar-refractivity contribution is 6.09. The van der Waals surface area contributed by atoms with Gasteiger partial charge in [-0.15, -0.1) is 0 Å². The normalized spacial score (nSPS) is 16.2. The predicted octanol–water partition coefficient (Wildman–Crippen LogP) is 2.29. The van der Waals surface area contributed by atoms with E-state index in [2.05, 4.69) is 19.2 Å². The van der Waals surface area contributed by atoms with E-state index in [4.69, 9.17) is 0 Å². The zero-order chi connectivity index (χ0) is 14.7. The summed E-state index contributed by atoms with van der Waals surface area (Å²) in [6.07, 6.45) is 2.37. The summed E-state index contributed by atoms with van der Waals surface area (Å²) in [5, 5.41) is 3.49. The van der Waals surface area contributed by atoms with Gasteiger partial charge in [-0.25, -0.2) is 0 Å². The van der Waals surface area contributed by atoms with Crippen molar-refractivity contribution in [2.24, 2.45) is 0 Å². The van der Waals surface area contributed by atoms with Crippen molar-refractivity contribution in [1.82, 2.24) is 10.2 Å². The number of hydrogen-bond acceptors (Lipinski definition) is 3. The molecule has 0 fully saturated rings. The van der Waals surface area contributed by atoms with Crippen LogP contribution < -0.4 is 5.32 Å². The van der Waals surface area contributed by atoms with E-state index in [0.29, 0.717) is 12.0 Å². The van der Waals surface area contributed by atoms with Crippen LogP contribution in [-0.2, 0) is 11.2 Å². The van der Waals surface area contributed by atoms with Crippen molar-refractivity contribution >= 4 is 11.8 Å². The number of amides is 2. The molecule has 0 aromatic heterocycles. The van der Waals surface area contributed by atoms with E-state index in [1.54, 1.807) is 7.05 Å². The van der Waals surface area contributed by atoms with Crippen molar-refractivity contribution < 1.29 is 9.59 Å². The molecule has 108 valence electrons. The molecule has 0 aliphatic carbocycles. The van der Waals surface area contributed by atoms with Crippen LogP contribution in [0.1, 0.15) is 54.2 Å². The Hall–Kier alpha value is -1.68. The molecular weight excluding hydrogens is 252 g/mol. The molecule has 1 unspecified atom stereocenters. The van der Waals surface area contributed by atoms with E-state index in [1.807, 2.05) is 18.2 Å². The lowest BCUT2D eigenvalue weighted by atomic mass is 9.93. The van der Waals surface area contributed by atoms with E-state index in [0.717, 1.165) is 30.5 Å². The molecule has 20 heavy (non-hydrogen) atoms. The summed E-state index contributed by atoms with van der Waals surface area (Å²) in [4.78, 5) is 25.1. The molecule has 4 nitrogen and oxygen atoms in total. The van der Waals surface area contributed by atoms with Gasteiger partial charge in [0.05, 0.1) is 6.42 Å². The number of benzene rings is 1. The Morgan fingerprint density at radius 1 is 1.30 bits per heavy atom. The van der Waals surface area contributed by atoms with Crippen molar-refractivity contribution in [2.75, 3.05) is 13.6 Å². The lowest BCUT2D eigenvalue weighted by molar-refractivity contribution is -0.127. The van der Waals surface area contributed by atoms with Crippen molar-refractivity contribution in [1.29, 1.82) is 0 Å². The van der Waals surface area contributed by atoms with Gasteiger partial charge in [-0.3, -0.25) is 14.5 Å². The number of nitrogens with one attached hydrogen (secondary N) is 1. The zero-order valence-corrected chi connectivity index (χ0v) is 12.4. The summed E-state index contributed by atoms with van der Waals surface area (Å²) in [6, 6.07) is 6.15. The Bertz CT molecular complexity index is 525. The summed E-state index contributed by atoms with van der Waals surface area (Å²) in [7, 11) is 1.55. The van der Waals surface area contributed by atoms with Crippen LogP contribution in [0.25, 0.3) is 0 Å². The fourth-order valence-electron chi connectivity index (χ4n) is 2.56. The van der Waals surface area contributed by atoms with Gasteiger partial charge in [0.1, 0.15) is 0 Å². The third kappa shape index (κ3) is 2.75. The zero-order valence-electron chi connectivity index (χ0n) is 12.4. The quantitative estimate of drug-likeness (QED) is 0.838. The topological polar surface area (TPSA) is 49.4 Å². The summed E-state index contributed by atoms with van der Waals surface area (Å²) >= 11 is 0. The molecule has 0 radical (unpaired) electrons. The molecule has 1 aromatic rings. The number of hydrogen-bond donors (Lipinski definition) is 1. The first kappa shape index (κ1) is 14.7. The largest absolute Gasteiger partial charge is 0.310 e. The molecule has 4 heteroatoms. The fraction of sp³-hybridized carbons (Fsp3) is 0.500. The molecule has 2 amide bonds. The molecule has 1 atom stereocenters. The maximum Gasteiger partial charge on any atom is 0.260 e. The van der Waals surface area contributed by atoms with Crippen LogP contribution >= 0.6 is 0 Å². The van der Waals surface area contributed by atoms with Crippen molar-refractivity contribution in [3.8, 4) is 0 Å². The average molecular weight is 274 g/mol. The molecule has 1 N–H and O–H groups in total. The lowest BCUT2D eigenvalue weighted by Gasteiger charge is -2.25. The van der Waals surface area contributed by atoms with E-state index < -0.39 is 0 Å². The van der Waals surface area contributed by atoms with E-state index in [-0.39, 0.29) is 17.9 Å². The minimum absolute atomic E-state index is 0.133. The molecule has 0 bridgehead atoms. The molecule has 2 rings (SSSR count). The third-order valence-corrected chi connectivity index (χ3v) is 3.84. The number of nitrogens with zero attached hydrogens (tertiary/aromatic N) is 1. The van der Waals surface area contributed by atoms with Crippen LogP contribution in [0.2, 0.25) is 0 Å². The fourth-order valence-corrected chi connectivity index (χ4v) is 2.56. The van der Waals surface area contributed by atoms with Gasteiger partial charge in [-0.05, 0) is 36.6 Å². The Kier molecular flexibility index (Phi) is 4.55. The predicted molar refractivity (Wildman–Crippen MR) is 78.6 cm³/mol. The maximum absolute atomic E-state index is 12.2. The second kappa shape index (κ2) is 6.18. The Morgan fingerprint density at radius 2 is 2.05 bits per heavy atom. The number of carbonyl (C=O) groups excluding carboxylic acids is 2. The number of likely N-dealkylation sites (N-methyl/N-ethyl adjacent to an activating group) is 1. The van der Waals surface area contributed by atoms with Crippen LogP contribution in [0.3, 0.4) is 0 Å². The van der Waals surface area contributed by atoms with Crippen LogP contribution in [-0.4, -0.2) is 30.3 Å². The Morgan fingerprint density at radius 3 is 2.70 bits per heavy atom. The van der Waals surface area contributed by atoms with Gasteiger partial charge in [-0.1, -0.05) is 26.0 Å². The minimum atomic E-state index is -0.191. The lowest BCUT2D eigenvalue weighted by Crippen LogP contribution is -2.39. The van der Waals surface area contributed by atoms with Crippen molar-refractivity contribution in [2.45, 2.75) is 39.2 Å². The van der Waals surface area contributed by atoms with Gasteiger partial charge in [-0.2, -0.15) is 0 Å². The molecule has 1 aromatic carbocycles. The second-order valence-electron chi connectivity index (χ2n) is 5.27. The van der Waals surface area contributed by atoms with Crippen molar-refractivity contribution in [3.05, 3.63) is 34.9 Å². The summed E-state index contributed by atoms with van der Waals surface area (Å²) in [5.74, 6) is -0.324. The second-order valence-corrected chi connectivity index (χ2v) is 5.27. The van der Waals surface area contributed by atoms with E-state index in [9.17, 15) is 9.59 Å². The van der Waals surface area contributed by atoms with E-state index in [1.165, 1.54) is 4.90 Å². The maximum atomic E-state index is 12.2. The van der Waals surface area contributed by atoms with Gasteiger partial charge < -0.3 is 5.32 Å². The Labute approximate surface area is 120 Å². The number of imide groups is 1. The first-order chi connectivity index (χ1) is 9.58. The number of carbonyl (C=O) groups is 2. The molecule has 0 saturated carbocycles. The molecule has 0 spiro atoms. The molecular formula is C16H22N2O2. The monoisotopic (exact) mass is 274 g/mol. The van der Waals surface area contributed by atoms with E-state index >= 15 is 0 Å². The van der Waals surface area contributed by atoms with Crippen LogP contribution in [0.5, 0.6) is 0 Å². The smallest absolute Gasteiger partial charge is 0.260 e. The van der Waals surface area contributed by atoms with Gasteiger partial charge in [0.15, 0.2) is 0 Å². The SMILES string of the molecule is CCCNC(CC)c1ccc2c(c1)C(=O)N(C)C(=O)C2. The van der Waals surface area contributed by atoms with Crippen LogP contribution in [0, 0.1) is 0 Å². The highest BCUT2D eigenvalue weighted by atomic mass is 16.2. The highest BCUT2D eigenvalue weighted by Gasteiger charge is 2.28. The molecule has 1 aliphatic heterocycles. The first-order valence-electron chi connectivity index (χ1n) is 7.25. The molecule has 1 aliphatic rings. The van der Waals surface area contributed by atoms with Gasteiger partial charge in [0.25, 0.3) is 5.91 Å². The van der Waals surface area contributed by atoms with Gasteiger partial charge in [0, 0.05) is 18.7 Å². The highest BCUT2D eigenvalue weighted by Crippen LogP contribution is 2.24. The molecule has 1 heterocycles. The number of fused-ring (bicyclic) bond motifs is 1. The number of rotatable bonds is 5. The molecule has 0 saturated heterocycles. The summed E-state index contributed by atoms with van der Waals surface area (Å²) < 4.78 is 0. The summed E-state index contributed by atoms with van der Waals surface area (Å²) in [5.41, 5.74) is 2.63. The third-order valence-electron chi connectivity index (χ3n) is 3.84. The van der Waals surface area contributed by atoms with Crippen molar-refractivity contribution in [3.63, 3.8) is 0 Å². The van der Waals surface area contributed by atoms with Gasteiger partial charge >= 0.3 is 0 Å². The van der Waals surface area contributed by atoms with Crippen LogP contribution in [0.4, 0.5) is 0 Å². The van der Waals surface area contributed by atoms with Gasteiger partial charge in [0.2, 0.25) is 5.91 Å². The van der Waals surface area contributed by atoms with Crippen LogP contribution in [0.15, 0.2) is 18.2 Å². The Balaban J connectivity index is 2.31. The first-order valence-corrected chi connectivity index (χ1v) is 7.25.